The van der Waals surface area contributed by atoms with Gasteiger partial charge in [0.2, 0.25) is 0 Å². The van der Waals surface area contributed by atoms with Crippen LogP contribution in [-0.4, -0.2) is 41.2 Å². The highest BCUT2D eigenvalue weighted by Crippen LogP contribution is 2.32. The van der Waals surface area contributed by atoms with E-state index >= 15 is 0 Å². The summed E-state index contributed by atoms with van der Waals surface area (Å²) in [5.74, 6) is 4.07. The van der Waals surface area contributed by atoms with E-state index in [-0.39, 0.29) is 12.1 Å². The molecule has 1 unspecified atom stereocenters. The first-order chi connectivity index (χ1) is 15.9. The van der Waals surface area contributed by atoms with Gasteiger partial charge in [-0.25, -0.2) is 9.78 Å². The van der Waals surface area contributed by atoms with Crippen LogP contribution in [0.5, 0.6) is 0 Å². The zero-order chi connectivity index (χ0) is 24.7. The lowest BCUT2D eigenvalue weighted by molar-refractivity contribution is 0.0232. The lowest BCUT2D eigenvalue weighted by atomic mass is 10.0. The zero-order valence-electron chi connectivity index (χ0n) is 21.1. The number of benzene rings is 2. The molecule has 0 fully saturated rings. The Morgan fingerprint density at radius 2 is 1.85 bits per heavy atom. The topological polar surface area (TPSA) is 58.2 Å². The van der Waals surface area contributed by atoms with E-state index in [4.69, 9.17) is 4.74 Å². The lowest BCUT2D eigenvalue weighted by Crippen LogP contribution is -2.37. The van der Waals surface area contributed by atoms with E-state index in [0.29, 0.717) is 6.54 Å². The number of carbonyl (C=O) groups excluding carboxylic acids is 1. The third-order valence-corrected chi connectivity index (χ3v) is 6.31. The van der Waals surface area contributed by atoms with Crippen LogP contribution < -0.4 is 0 Å². The number of imidazole rings is 1. The number of hydrogen-bond acceptors (Lipinski definition) is 3. The van der Waals surface area contributed by atoms with Crippen LogP contribution in [0, 0.1) is 11.5 Å². The standard InChI is InChI=1S/C28H33N3O2Si/c1-19-14-25(31(18-19)27(32)33-28(2,3)4)26-29-17-24(30-26)23-11-10-21-15-20(8-9-22(21)16-23)12-13-34(5,6)7/h8-11,14-17,25H,18H2,1-7H3,(H,29,30). The summed E-state index contributed by atoms with van der Waals surface area (Å²) in [4.78, 5) is 22.5. The van der Waals surface area contributed by atoms with Gasteiger partial charge >= 0.3 is 6.09 Å². The van der Waals surface area contributed by atoms with Crippen molar-refractivity contribution >= 4 is 24.9 Å². The van der Waals surface area contributed by atoms with Gasteiger partial charge in [0.25, 0.3) is 0 Å². The molecule has 1 N–H and O–H groups in total. The third kappa shape index (κ3) is 5.60. The van der Waals surface area contributed by atoms with Crippen LogP contribution in [0.15, 0.2) is 54.2 Å². The highest BCUT2D eigenvalue weighted by Gasteiger charge is 2.33. The van der Waals surface area contributed by atoms with Gasteiger partial charge in [-0.3, -0.25) is 4.90 Å². The largest absolute Gasteiger partial charge is 0.444 e. The summed E-state index contributed by atoms with van der Waals surface area (Å²) < 4.78 is 5.61. The molecule has 4 rings (SSSR count). The van der Waals surface area contributed by atoms with Gasteiger partial charge in [0.1, 0.15) is 25.5 Å². The highest BCUT2D eigenvalue weighted by molar-refractivity contribution is 6.83. The van der Waals surface area contributed by atoms with Crippen LogP contribution in [0.2, 0.25) is 19.6 Å². The smallest absolute Gasteiger partial charge is 0.411 e. The van der Waals surface area contributed by atoms with Crippen molar-refractivity contribution in [2.24, 2.45) is 0 Å². The highest BCUT2D eigenvalue weighted by atomic mass is 28.3. The molecule has 2 aromatic carbocycles. The number of amides is 1. The summed E-state index contributed by atoms with van der Waals surface area (Å²) in [5.41, 5.74) is 7.03. The van der Waals surface area contributed by atoms with E-state index in [2.05, 4.69) is 83.5 Å². The molecule has 0 saturated heterocycles. The minimum atomic E-state index is -1.41. The number of H-pyrrole nitrogens is 1. The predicted octanol–water partition coefficient (Wildman–Crippen LogP) is 6.70. The molecule has 0 saturated carbocycles. The molecule has 0 bridgehead atoms. The van der Waals surface area contributed by atoms with Crippen molar-refractivity contribution in [2.75, 3.05) is 6.54 Å². The van der Waals surface area contributed by atoms with Crippen molar-refractivity contribution in [3.8, 4) is 22.7 Å². The summed E-state index contributed by atoms with van der Waals surface area (Å²) in [6.07, 6.45) is 3.57. The summed E-state index contributed by atoms with van der Waals surface area (Å²) in [6.45, 7) is 14.9. The Labute approximate surface area is 203 Å². The minimum absolute atomic E-state index is 0.267. The van der Waals surface area contributed by atoms with E-state index in [1.807, 2.05) is 33.9 Å². The Hall–Kier alpha value is -3.30. The maximum atomic E-state index is 12.8. The molecule has 1 aliphatic rings. The van der Waals surface area contributed by atoms with E-state index < -0.39 is 13.7 Å². The molecule has 1 amide bonds. The second kappa shape index (κ2) is 8.81. The maximum Gasteiger partial charge on any atom is 0.411 e. The molecule has 1 aliphatic heterocycles. The zero-order valence-corrected chi connectivity index (χ0v) is 22.1. The van der Waals surface area contributed by atoms with Crippen molar-refractivity contribution in [1.29, 1.82) is 0 Å². The van der Waals surface area contributed by atoms with Crippen LogP contribution in [0.25, 0.3) is 22.0 Å². The Morgan fingerprint density at radius 3 is 2.56 bits per heavy atom. The van der Waals surface area contributed by atoms with Crippen LogP contribution in [0.4, 0.5) is 4.79 Å². The quantitative estimate of drug-likeness (QED) is 0.257. The van der Waals surface area contributed by atoms with Crippen molar-refractivity contribution in [3.63, 3.8) is 0 Å². The number of rotatable bonds is 2. The normalized spacial score (nSPS) is 16.3. The molecule has 0 aliphatic carbocycles. The number of nitrogens with zero attached hydrogens (tertiary/aromatic N) is 2. The summed E-state index contributed by atoms with van der Waals surface area (Å²) in [5, 5.41) is 2.32. The van der Waals surface area contributed by atoms with E-state index in [0.717, 1.165) is 39.0 Å². The Kier molecular flexibility index (Phi) is 6.18. The fourth-order valence-electron chi connectivity index (χ4n) is 3.89. The summed E-state index contributed by atoms with van der Waals surface area (Å²) in [6, 6.07) is 12.5. The number of aromatic amines is 1. The Balaban J connectivity index is 1.59. The molecule has 176 valence electrons. The van der Waals surface area contributed by atoms with E-state index in [1.165, 1.54) is 0 Å². The number of nitrogens with one attached hydrogen (secondary N) is 1. The van der Waals surface area contributed by atoms with Gasteiger partial charge in [0.05, 0.1) is 11.9 Å². The number of carbonyl (C=O) groups is 1. The Morgan fingerprint density at radius 1 is 1.15 bits per heavy atom. The van der Waals surface area contributed by atoms with Crippen LogP contribution in [-0.2, 0) is 4.74 Å². The maximum absolute atomic E-state index is 12.8. The molecule has 0 spiro atoms. The van der Waals surface area contributed by atoms with Gasteiger partial charge < -0.3 is 9.72 Å². The third-order valence-electron chi connectivity index (χ3n) is 5.43. The fraction of sp³-hybridized carbons (Fsp3) is 0.357. The molecule has 1 atom stereocenters. The molecule has 34 heavy (non-hydrogen) atoms. The van der Waals surface area contributed by atoms with Crippen LogP contribution in [0.1, 0.15) is 45.1 Å². The van der Waals surface area contributed by atoms with Gasteiger partial charge in [0.15, 0.2) is 0 Å². The summed E-state index contributed by atoms with van der Waals surface area (Å²) in [7, 11) is -1.41. The molecule has 1 aromatic heterocycles. The van der Waals surface area contributed by atoms with Gasteiger partial charge in [-0.2, -0.15) is 0 Å². The van der Waals surface area contributed by atoms with Crippen molar-refractivity contribution in [1.82, 2.24) is 14.9 Å². The molecule has 2 heterocycles. The Bertz CT molecular complexity index is 1330. The second-order valence-corrected chi connectivity index (χ2v) is 15.8. The van der Waals surface area contributed by atoms with Gasteiger partial charge in [-0.1, -0.05) is 55.4 Å². The van der Waals surface area contributed by atoms with Gasteiger partial charge in [0, 0.05) is 17.7 Å². The molecule has 0 radical (unpaired) electrons. The second-order valence-electron chi connectivity index (χ2n) is 11.0. The molecule has 5 nitrogen and oxygen atoms in total. The number of hydrogen-bond donors (Lipinski definition) is 1. The minimum Gasteiger partial charge on any atom is -0.444 e. The first-order valence-electron chi connectivity index (χ1n) is 11.7. The van der Waals surface area contributed by atoms with Crippen molar-refractivity contribution in [3.05, 3.63) is 65.6 Å². The predicted molar refractivity (Wildman–Crippen MR) is 141 cm³/mol. The number of aromatic nitrogens is 2. The van der Waals surface area contributed by atoms with Crippen LogP contribution >= 0.6 is 0 Å². The first kappa shape index (κ1) is 23.8. The van der Waals surface area contributed by atoms with Crippen molar-refractivity contribution in [2.45, 2.75) is 59.0 Å². The first-order valence-corrected chi connectivity index (χ1v) is 15.2. The van der Waals surface area contributed by atoms with Crippen molar-refractivity contribution < 1.29 is 9.53 Å². The molecular weight excluding hydrogens is 438 g/mol. The lowest BCUT2D eigenvalue weighted by Gasteiger charge is -2.27. The summed E-state index contributed by atoms with van der Waals surface area (Å²) >= 11 is 0. The fourth-order valence-corrected chi connectivity index (χ4v) is 4.41. The molecule has 3 aromatic rings. The van der Waals surface area contributed by atoms with Gasteiger partial charge in [-0.15, -0.1) is 5.54 Å². The molecule has 6 heteroatoms. The number of ether oxygens (including phenoxy) is 1. The van der Waals surface area contributed by atoms with Gasteiger partial charge in [-0.05, 0) is 56.7 Å². The van der Waals surface area contributed by atoms with E-state index in [9.17, 15) is 4.79 Å². The SMILES string of the molecule is CC1=CC(c2ncc(-c3ccc4cc(C#C[Si](C)(C)C)ccc4c3)[nH]2)N(C(=O)OC(C)(C)C)C1. The molecular formula is C28H33N3O2Si. The average Bonchev–Trinajstić information content (AvgIpc) is 3.37. The van der Waals surface area contributed by atoms with E-state index in [1.54, 1.807) is 4.90 Å². The average molecular weight is 472 g/mol. The number of fused-ring (bicyclic) bond motifs is 1. The monoisotopic (exact) mass is 471 g/mol. The van der Waals surface area contributed by atoms with Crippen LogP contribution in [0.3, 0.4) is 0 Å².